The summed E-state index contributed by atoms with van der Waals surface area (Å²) in [4.78, 5) is 12.3. The third kappa shape index (κ3) is 4.62. The van der Waals surface area contributed by atoms with Crippen molar-refractivity contribution in [1.82, 2.24) is 4.31 Å². The van der Waals surface area contributed by atoms with Crippen LogP contribution in [0.25, 0.3) is 0 Å². The Morgan fingerprint density at radius 3 is 2.31 bits per heavy atom. The summed E-state index contributed by atoms with van der Waals surface area (Å²) in [5, 5.41) is 2.81. The van der Waals surface area contributed by atoms with E-state index in [0.717, 1.165) is 21.1 Å². The van der Waals surface area contributed by atoms with Gasteiger partial charge in [-0.25, -0.2) is 12.7 Å². The number of carbonyl (C=O) groups is 1. The summed E-state index contributed by atoms with van der Waals surface area (Å²) in [6.45, 7) is 5.50. The summed E-state index contributed by atoms with van der Waals surface area (Å²) in [6.07, 6.45) is 0. The van der Waals surface area contributed by atoms with Gasteiger partial charge in [-0.05, 0) is 56.2 Å². The molecule has 0 radical (unpaired) electrons. The average molecular weight is 376 g/mol. The molecule has 26 heavy (non-hydrogen) atoms. The molecule has 0 unspecified atom stereocenters. The number of rotatable bonds is 6. The van der Waals surface area contributed by atoms with Gasteiger partial charge in [-0.15, -0.1) is 0 Å². The molecule has 0 aliphatic heterocycles. The minimum absolute atomic E-state index is 0.159. The fourth-order valence-electron chi connectivity index (χ4n) is 2.44. The fraction of sp³-hybridized carbons (Fsp3) is 0.316. The maximum Gasteiger partial charge on any atom is 0.262 e. The number of carbonyl (C=O) groups excluding carboxylic acids is 1. The molecule has 140 valence electrons. The Hall–Kier alpha value is -2.38. The lowest BCUT2D eigenvalue weighted by molar-refractivity contribution is -0.118. The molecule has 0 spiro atoms. The van der Waals surface area contributed by atoms with E-state index < -0.39 is 10.0 Å². The Kier molecular flexibility index (Phi) is 6.05. The quantitative estimate of drug-likeness (QED) is 0.841. The third-order valence-corrected chi connectivity index (χ3v) is 5.75. The highest BCUT2D eigenvalue weighted by atomic mass is 32.2. The monoisotopic (exact) mass is 376 g/mol. The third-order valence-electron chi connectivity index (χ3n) is 3.94. The van der Waals surface area contributed by atoms with Crippen LogP contribution in [-0.2, 0) is 14.8 Å². The molecule has 0 bridgehead atoms. The summed E-state index contributed by atoms with van der Waals surface area (Å²) >= 11 is 0. The highest BCUT2D eigenvalue weighted by Gasteiger charge is 2.18. The smallest absolute Gasteiger partial charge is 0.262 e. The molecule has 2 aromatic rings. The van der Waals surface area contributed by atoms with Gasteiger partial charge in [-0.2, -0.15) is 0 Å². The summed E-state index contributed by atoms with van der Waals surface area (Å²) in [6, 6.07) is 10.3. The van der Waals surface area contributed by atoms with Crippen molar-refractivity contribution in [1.29, 1.82) is 0 Å². The van der Waals surface area contributed by atoms with Gasteiger partial charge >= 0.3 is 0 Å². The van der Waals surface area contributed by atoms with Gasteiger partial charge in [0.1, 0.15) is 5.75 Å². The molecular formula is C19H24N2O4S. The van der Waals surface area contributed by atoms with Gasteiger partial charge in [-0.1, -0.05) is 17.7 Å². The zero-order valence-electron chi connectivity index (χ0n) is 15.7. The van der Waals surface area contributed by atoms with Crippen LogP contribution in [0.2, 0.25) is 0 Å². The first-order valence-electron chi connectivity index (χ1n) is 8.14. The first-order valence-corrected chi connectivity index (χ1v) is 9.58. The average Bonchev–Trinajstić information content (AvgIpc) is 2.56. The number of hydrogen-bond acceptors (Lipinski definition) is 4. The largest absolute Gasteiger partial charge is 0.483 e. The molecule has 1 amide bonds. The number of ether oxygens (including phenoxy) is 1. The predicted octanol–water partition coefficient (Wildman–Crippen LogP) is 2.88. The van der Waals surface area contributed by atoms with E-state index in [1.807, 2.05) is 32.0 Å². The molecule has 2 rings (SSSR count). The molecule has 2 aromatic carbocycles. The van der Waals surface area contributed by atoms with Crippen LogP contribution in [0.4, 0.5) is 5.69 Å². The highest BCUT2D eigenvalue weighted by molar-refractivity contribution is 7.89. The highest BCUT2D eigenvalue weighted by Crippen LogP contribution is 2.23. The zero-order chi connectivity index (χ0) is 19.5. The van der Waals surface area contributed by atoms with Gasteiger partial charge in [0.15, 0.2) is 6.61 Å². The van der Waals surface area contributed by atoms with E-state index in [1.165, 1.54) is 26.2 Å². The van der Waals surface area contributed by atoms with E-state index in [1.54, 1.807) is 13.0 Å². The molecule has 0 fully saturated rings. The molecule has 0 saturated carbocycles. The molecule has 0 heterocycles. The predicted molar refractivity (Wildman–Crippen MR) is 102 cm³/mol. The van der Waals surface area contributed by atoms with Crippen LogP contribution in [0.15, 0.2) is 41.3 Å². The minimum atomic E-state index is -3.50. The molecule has 0 aliphatic rings. The van der Waals surface area contributed by atoms with Crippen LogP contribution >= 0.6 is 0 Å². The van der Waals surface area contributed by atoms with Crippen molar-refractivity contribution in [2.24, 2.45) is 0 Å². The Morgan fingerprint density at radius 1 is 1.04 bits per heavy atom. The number of amides is 1. The number of benzene rings is 2. The Morgan fingerprint density at radius 2 is 1.73 bits per heavy atom. The lowest BCUT2D eigenvalue weighted by atomic mass is 10.1. The summed E-state index contributed by atoms with van der Waals surface area (Å²) in [7, 11) is -0.541. The zero-order valence-corrected chi connectivity index (χ0v) is 16.5. The van der Waals surface area contributed by atoms with Gasteiger partial charge < -0.3 is 10.1 Å². The maximum absolute atomic E-state index is 12.1. The Balaban J connectivity index is 2.04. The minimum Gasteiger partial charge on any atom is -0.483 e. The van der Waals surface area contributed by atoms with Crippen molar-refractivity contribution in [2.45, 2.75) is 25.7 Å². The van der Waals surface area contributed by atoms with E-state index in [4.69, 9.17) is 4.74 Å². The van der Waals surface area contributed by atoms with Gasteiger partial charge in [0.05, 0.1) is 4.90 Å². The van der Waals surface area contributed by atoms with Crippen LogP contribution in [0, 0.1) is 20.8 Å². The molecule has 0 aromatic heterocycles. The standard InChI is InChI=1S/C19H24N2O4S/c1-13-6-8-17(14(2)10-13)20-19(22)12-25-18-9-7-16(11-15(18)3)26(23,24)21(4)5/h6-11H,12H2,1-5H3,(H,20,22). The molecule has 7 heteroatoms. The van der Waals surface area contributed by atoms with Gasteiger partial charge in [0.25, 0.3) is 5.91 Å². The Bertz CT molecular complexity index is 921. The van der Waals surface area contributed by atoms with Crippen LogP contribution in [0.5, 0.6) is 5.75 Å². The van der Waals surface area contributed by atoms with Crippen molar-refractivity contribution in [3.05, 3.63) is 53.1 Å². The molecule has 6 nitrogen and oxygen atoms in total. The number of hydrogen-bond donors (Lipinski definition) is 1. The van der Waals surface area contributed by atoms with E-state index in [0.29, 0.717) is 11.3 Å². The number of anilines is 1. The fourth-order valence-corrected chi connectivity index (χ4v) is 3.43. The van der Waals surface area contributed by atoms with Crippen molar-refractivity contribution < 1.29 is 17.9 Å². The number of sulfonamides is 1. The molecule has 0 aliphatic carbocycles. The summed E-state index contributed by atoms with van der Waals surface area (Å²) in [5.41, 5.74) is 3.49. The van der Waals surface area contributed by atoms with Crippen LogP contribution in [-0.4, -0.2) is 39.3 Å². The van der Waals surface area contributed by atoms with E-state index in [2.05, 4.69) is 5.32 Å². The van der Waals surface area contributed by atoms with Crippen molar-refractivity contribution in [3.63, 3.8) is 0 Å². The molecular weight excluding hydrogens is 352 g/mol. The van der Waals surface area contributed by atoms with Gasteiger partial charge in [0.2, 0.25) is 10.0 Å². The van der Waals surface area contributed by atoms with Crippen LogP contribution < -0.4 is 10.1 Å². The first kappa shape index (κ1) is 19.9. The molecule has 0 saturated heterocycles. The second-order valence-electron chi connectivity index (χ2n) is 6.37. The number of nitrogens with one attached hydrogen (secondary N) is 1. The van der Waals surface area contributed by atoms with Crippen LogP contribution in [0.1, 0.15) is 16.7 Å². The second-order valence-corrected chi connectivity index (χ2v) is 8.52. The maximum atomic E-state index is 12.1. The van der Waals surface area contributed by atoms with Crippen molar-refractivity contribution >= 4 is 21.6 Å². The van der Waals surface area contributed by atoms with Gasteiger partial charge in [0, 0.05) is 19.8 Å². The van der Waals surface area contributed by atoms with E-state index in [9.17, 15) is 13.2 Å². The molecule has 0 atom stereocenters. The lowest BCUT2D eigenvalue weighted by Gasteiger charge is -2.14. The number of aryl methyl sites for hydroxylation is 3. The SMILES string of the molecule is Cc1ccc(NC(=O)COc2ccc(S(=O)(=O)N(C)C)cc2C)c(C)c1. The first-order chi connectivity index (χ1) is 12.1. The number of nitrogens with zero attached hydrogens (tertiary/aromatic N) is 1. The second kappa shape index (κ2) is 7.88. The normalized spacial score (nSPS) is 11.5. The van der Waals surface area contributed by atoms with Gasteiger partial charge in [-0.3, -0.25) is 4.79 Å². The van der Waals surface area contributed by atoms with E-state index in [-0.39, 0.29) is 17.4 Å². The molecule has 1 N–H and O–H groups in total. The Labute approximate surface area is 154 Å². The summed E-state index contributed by atoms with van der Waals surface area (Å²) in [5.74, 6) is 0.194. The van der Waals surface area contributed by atoms with Crippen LogP contribution in [0.3, 0.4) is 0 Å². The van der Waals surface area contributed by atoms with Crippen molar-refractivity contribution in [3.8, 4) is 5.75 Å². The van der Waals surface area contributed by atoms with E-state index >= 15 is 0 Å². The topological polar surface area (TPSA) is 75.7 Å². The lowest BCUT2D eigenvalue weighted by Crippen LogP contribution is -2.22. The summed E-state index contributed by atoms with van der Waals surface area (Å²) < 4.78 is 31.0. The van der Waals surface area contributed by atoms with Crippen molar-refractivity contribution in [2.75, 3.05) is 26.0 Å².